The van der Waals surface area contributed by atoms with Gasteiger partial charge < -0.3 is 14.3 Å². The van der Waals surface area contributed by atoms with Crippen molar-refractivity contribution in [3.63, 3.8) is 0 Å². The Bertz CT molecular complexity index is 425. The van der Waals surface area contributed by atoms with Crippen LogP contribution in [-0.4, -0.2) is 34.8 Å². The number of oxime groups is 1. The Morgan fingerprint density at radius 2 is 1.90 bits per heavy atom. The van der Waals surface area contributed by atoms with Crippen molar-refractivity contribution in [1.82, 2.24) is 0 Å². The number of nitro groups is 1. The predicted octanol–water partition coefficient (Wildman–Crippen LogP) is 3.04. The van der Waals surface area contributed by atoms with Gasteiger partial charge in [0.15, 0.2) is 5.45 Å². The molecule has 0 radical (unpaired) electrons. The topological polar surface area (TPSA) is 111 Å². The molecule has 0 amide bonds. The third-order valence-electron chi connectivity index (χ3n) is 2.56. The summed E-state index contributed by atoms with van der Waals surface area (Å²) in [5, 5.41) is 22.8. The number of rotatable bonds is 9. The van der Waals surface area contributed by atoms with Crippen molar-refractivity contribution in [3.05, 3.63) is 21.8 Å². The highest BCUT2D eigenvalue weighted by atomic mass is 31.2. The molecule has 0 aromatic rings. The van der Waals surface area contributed by atoms with Crippen LogP contribution in [0.2, 0.25) is 0 Å². The molecule has 20 heavy (non-hydrogen) atoms. The second-order valence-corrected chi connectivity index (χ2v) is 5.79. The van der Waals surface area contributed by atoms with Crippen molar-refractivity contribution in [1.29, 1.82) is 0 Å². The molecule has 1 unspecified atom stereocenters. The summed E-state index contributed by atoms with van der Waals surface area (Å²) >= 11 is 0. The lowest BCUT2D eigenvalue weighted by atomic mass is 10.1. The van der Waals surface area contributed by atoms with E-state index in [0.717, 1.165) is 0 Å². The van der Waals surface area contributed by atoms with E-state index in [1.165, 1.54) is 13.0 Å². The SMILES string of the molecule is CCOP(=O)(OCC)C(/C=C(\CC)C(C)[N+](=O)[O-])=N\O. The first-order valence-corrected chi connectivity index (χ1v) is 7.86. The third-order valence-corrected chi connectivity index (χ3v) is 4.53. The highest BCUT2D eigenvalue weighted by Crippen LogP contribution is 2.50. The van der Waals surface area contributed by atoms with Gasteiger partial charge >= 0.3 is 7.60 Å². The molecular formula is C11H21N2O6P. The third kappa shape index (κ3) is 5.03. The van der Waals surface area contributed by atoms with Crippen molar-refractivity contribution in [2.75, 3.05) is 13.2 Å². The first kappa shape index (κ1) is 18.8. The Hall–Kier alpha value is -1.24. The van der Waals surface area contributed by atoms with E-state index >= 15 is 0 Å². The van der Waals surface area contributed by atoms with Crippen LogP contribution < -0.4 is 0 Å². The molecule has 0 rings (SSSR count). The zero-order chi connectivity index (χ0) is 15.8. The van der Waals surface area contributed by atoms with Gasteiger partial charge in [0.1, 0.15) is 0 Å². The first-order valence-electron chi connectivity index (χ1n) is 6.31. The molecule has 0 bridgehead atoms. The Morgan fingerprint density at radius 1 is 1.40 bits per heavy atom. The fourth-order valence-corrected chi connectivity index (χ4v) is 2.94. The molecule has 0 spiro atoms. The summed E-state index contributed by atoms with van der Waals surface area (Å²) in [5.41, 5.74) is 0.0363. The number of hydrogen-bond donors (Lipinski definition) is 1. The maximum Gasteiger partial charge on any atom is 0.382 e. The number of nitrogens with zero attached hydrogens (tertiary/aromatic N) is 2. The van der Waals surface area contributed by atoms with E-state index in [-0.39, 0.29) is 18.7 Å². The standard InChI is InChI=1S/C11H21N2O6P/c1-5-10(9(4)13(15)16)8-11(12-14)20(17,18-6-2)19-7-3/h8-9,14H,5-7H2,1-4H3/b10-8+,12-11-. The molecule has 0 aromatic heterocycles. The van der Waals surface area contributed by atoms with Gasteiger partial charge in [-0.2, -0.15) is 0 Å². The quantitative estimate of drug-likeness (QED) is 0.230. The van der Waals surface area contributed by atoms with E-state index < -0.39 is 18.6 Å². The molecule has 0 saturated carbocycles. The normalized spacial score (nSPS) is 15.2. The zero-order valence-electron chi connectivity index (χ0n) is 12.1. The summed E-state index contributed by atoms with van der Waals surface area (Å²) in [6.07, 6.45) is 1.55. The van der Waals surface area contributed by atoms with Crippen LogP contribution in [0.5, 0.6) is 0 Å². The average Bonchev–Trinajstić information content (AvgIpc) is 2.39. The smallest absolute Gasteiger partial charge is 0.382 e. The van der Waals surface area contributed by atoms with Crippen LogP contribution in [0.1, 0.15) is 34.1 Å². The van der Waals surface area contributed by atoms with Gasteiger partial charge in [0, 0.05) is 17.4 Å². The largest absolute Gasteiger partial charge is 0.410 e. The van der Waals surface area contributed by atoms with Crippen molar-refractivity contribution in [2.24, 2.45) is 5.16 Å². The Labute approximate surface area is 118 Å². The van der Waals surface area contributed by atoms with E-state index in [1.54, 1.807) is 20.8 Å². The van der Waals surface area contributed by atoms with Crippen LogP contribution in [0.25, 0.3) is 0 Å². The van der Waals surface area contributed by atoms with E-state index in [1.807, 2.05) is 0 Å². The molecule has 0 aliphatic rings. The molecule has 0 aromatic carbocycles. The average molecular weight is 308 g/mol. The number of allylic oxidation sites excluding steroid dienone is 1. The summed E-state index contributed by atoms with van der Waals surface area (Å²) < 4.78 is 22.5. The van der Waals surface area contributed by atoms with Crippen molar-refractivity contribution >= 4 is 13.0 Å². The van der Waals surface area contributed by atoms with Gasteiger partial charge in [0.25, 0.3) is 0 Å². The van der Waals surface area contributed by atoms with Crippen LogP contribution >= 0.6 is 7.60 Å². The van der Waals surface area contributed by atoms with Crippen molar-refractivity contribution in [2.45, 2.75) is 40.2 Å². The minimum Gasteiger partial charge on any atom is -0.410 e. The maximum absolute atomic E-state index is 12.4. The van der Waals surface area contributed by atoms with Crippen LogP contribution in [0.3, 0.4) is 0 Å². The second-order valence-electron chi connectivity index (χ2n) is 3.83. The summed E-state index contributed by atoms with van der Waals surface area (Å²) in [5.74, 6) is 0. The van der Waals surface area contributed by atoms with E-state index in [4.69, 9.17) is 14.3 Å². The van der Waals surface area contributed by atoms with Crippen LogP contribution in [-0.2, 0) is 13.6 Å². The lowest BCUT2D eigenvalue weighted by Gasteiger charge is -2.17. The van der Waals surface area contributed by atoms with Gasteiger partial charge in [-0.15, -0.1) is 0 Å². The molecule has 0 saturated heterocycles. The summed E-state index contributed by atoms with van der Waals surface area (Å²) in [6, 6.07) is -0.978. The van der Waals surface area contributed by atoms with Gasteiger partial charge in [-0.25, -0.2) is 0 Å². The zero-order valence-corrected chi connectivity index (χ0v) is 13.0. The minimum atomic E-state index is -3.77. The molecule has 1 N–H and O–H groups in total. The molecule has 0 aliphatic carbocycles. The molecule has 0 heterocycles. The second kappa shape index (κ2) is 8.84. The van der Waals surface area contributed by atoms with Gasteiger partial charge in [-0.1, -0.05) is 12.1 Å². The monoisotopic (exact) mass is 308 g/mol. The molecule has 9 heteroatoms. The molecule has 8 nitrogen and oxygen atoms in total. The van der Waals surface area contributed by atoms with Crippen molar-refractivity contribution in [3.8, 4) is 0 Å². The fourth-order valence-electron chi connectivity index (χ4n) is 1.49. The van der Waals surface area contributed by atoms with Crippen LogP contribution in [0.4, 0.5) is 0 Å². The minimum absolute atomic E-state index is 0.0936. The Morgan fingerprint density at radius 3 is 2.20 bits per heavy atom. The lowest BCUT2D eigenvalue weighted by Crippen LogP contribution is -2.19. The van der Waals surface area contributed by atoms with Gasteiger partial charge in [0.05, 0.1) is 13.2 Å². The Kier molecular flexibility index (Phi) is 8.29. The Balaban J connectivity index is 5.54. The van der Waals surface area contributed by atoms with E-state index in [0.29, 0.717) is 12.0 Å². The fraction of sp³-hybridized carbons (Fsp3) is 0.727. The molecule has 116 valence electrons. The molecule has 0 fully saturated rings. The summed E-state index contributed by atoms with van der Waals surface area (Å²) in [4.78, 5) is 10.3. The summed E-state index contributed by atoms with van der Waals surface area (Å²) in [7, 11) is -3.77. The first-order chi connectivity index (χ1) is 9.36. The maximum atomic E-state index is 12.4. The van der Waals surface area contributed by atoms with Crippen LogP contribution in [0, 0.1) is 10.1 Å². The highest BCUT2D eigenvalue weighted by molar-refractivity contribution is 7.72. The molecular weight excluding hydrogens is 287 g/mol. The van der Waals surface area contributed by atoms with Crippen LogP contribution in [0.15, 0.2) is 16.8 Å². The number of hydrogen-bond acceptors (Lipinski definition) is 7. The highest BCUT2D eigenvalue weighted by Gasteiger charge is 2.32. The predicted molar refractivity (Wildman–Crippen MR) is 74.9 cm³/mol. The van der Waals surface area contributed by atoms with Crippen molar-refractivity contribution < 1.29 is 23.7 Å². The lowest BCUT2D eigenvalue weighted by molar-refractivity contribution is -0.507. The summed E-state index contributed by atoms with van der Waals surface area (Å²) in [6.45, 7) is 6.53. The van der Waals surface area contributed by atoms with Gasteiger partial charge in [-0.3, -0.25) is 14.7 Å². The molecule has 1 atom stereocenters. The van der Waals surface area contributed by atoms with E-state index in [9.17, 15) is 14.7 Å². The molecule has 0 aliphatic heterocycles. The van der Waals surface area contributed by atoms with E-state index in [2.05, 4.69) is 5.16 Å². The van der Waals surface area contributed by atoms with Gasteiger partial charge in [-0.05, 0) is 26.3 Å². The van der Waals surface area contributed by atoms with Gasteiger partial charge in [0.2, 0.25) is 6.04 Å².